The molecule has 2 aliphatic rings. The normalized spacial score (nSPS) is 23.3. The maximum atomic E-state index is 12.1. The van der Waals surface area contributed by atoms with Crippen LogP contribution in [0.3, 0.4) is 0 Å². The van der Waals surface area contributed by atoms with Gasteiger partial charge in [-0.15, -0.1) is 0 Å². The first-order chi connectivity index (χ1) is 8.77. The second-order valence-electron chi connectivity index (χ2n) is 5.16. The van der Waals surface area contributed by atoms with Crippen LogP contribution in [0.15, 0.2) is 0 Å². The average molecular weight is 255 g/mol. The Kier molecular flexibility index (Phi) is 5.41. The van der Waals surface area contributed by atoms with Gasteiger partial charge in [0.1, 0.15) is 0 Å². The number of ether oxygens (including phenoxy) is 1. The number of amides is 1. The van der Waals surface area contributed by atoms with Crippen molar-refractivity contribution in [3.05, 3.63) is 0 Å². The molecule has 0 aromatic rings. The van der Waals surface area contributed by atoms with Crippen molar-refractivity contribution in [3.8, 4) is 0 Å². The maximum Gasteiger partial charge on any atom is 0.239 e. The largest absolute Gasteiger partial charge is 0.378 e. The zero-order chi connectivity index (χ0) is 12.8. The van der Waals surface area contributed by atoms with E-state index < -0.39 is 0 Å². The van der Waals surface area contributed by atoms with Gasteiger partial charge in [-0.05, 0) is 32.9 Å². The van der Waals surface area contributed by atoms with Gasteiger partial charge in [0.25, 0.3) is 0 Å². The number of likely N-dealkylation sites (tertiary alicyclic amines) is 1. The monoisotopic (exact) mass is 255 g/mol. The molecule has 0 spiro atoms. The van der Waals surface area contributed by atoms with Crippen LogP contribution in [-0.4, -0.2) is 74.2 Å². The van der Waals surface area contributed by atoms with Gasteiger partial charge < -0.3 is 19.9 Å². The summed E-state index contributed by atoms with van der Waals surface area (Å²) in [6.07, 6.45) is 2.64. The summed E-state index contributed by atoms with van der Waals surface area (Å²) in [6.45, 7) is 9.16. The van der Waals surface area contributed by atoms with Crippen molar-refractivity contribution in [2.75, 3.05) is 52.5 Å². The van der Waals surface area contributed by atoms with Crippen LogP contribution < -0.4 is 5.32 Å². The number of nitrogens with one attached hydrogen (secondary N) is 1. The number of nitrogens with zero attached hydrogens (tertiary/aromatic N) is 2. The molecule has 1 atom stereocenters. The summed E-state index contributed by atoms with van der Waals surface area (Å²) in [6, 6.07) is -0.0781. The molecule has 2 fully saturated rings. The molecular formula is C13H25N3O2. The van der Waals surface area contributed by atoms with E-state index in [-0.39, 0.29) is 11.9 Å². The van der Waals surface area contributed by atoms with E-state index in [1.807, 2.05) is 11.8 Å². The molecule has 2 aliphatic heterocycles. The first-order valence-corrected chi connectivity index (χ1v) is 7.09. The first kappa shape index (κ1) is 13.8. The molecule has 5 heteroatoms. The predicted octanol–water partition coefficient (Wildman–Crippen LogP) is -0.0809. The van der Waals surface area contributed by atoms with Gasteiger partial charge in [-0.3, -0.25) is 4.79 Å². The van der Waals surface area contributed by atoms with Crippen LogP contribution in [0.25, 0.3) is 0 Å². The third kappa shape index (κ3) is 3.93. The minimum atomic E-state index is -0.0781. The molecule has 2 heterocycles. The molecule has 104 valence electrons. The van der Waals surface area contributed by atoms with E-state index in [1.165, 1.54) is 25.9 Å². The molecule has 0 aromatic heterocycles. The topological polar surface area (TPSA) is 44.8 Å². The molecule has 1 amide bonds. The number of hydrogen-bond acceptors (Lipinski definition) is 4. The van der Waals surface area contributed by atoms with Gasteiger partial charge in [-0.2, -0.15) is 0 Å². The third-order valence-electron chi connectivity index (χ3n) is 3.77. The summed E-state index contributed by atoms with van der Waals surface area (Å²) in [5.41, 5.74) is 0. The Labute approximate surface area is 109 Å². The van der Waals surface area contributed by atoms with E-state index in [9.17, 15) is 4.79 Å². The van der Waals surface area contributed by atoms with Gasteiger partial charge in [-0.1, -0.05) is 0 Å². The Hall–Kier alpha value is -0.650. The number of carbonyl (C=O) groups excluding carboxylic acids is 1. The zero-order valence-electron chi connectivity index (χ0n) is 11.4. The summed E-state index contributed by atoms with van der Waals surface area (Å²) in [4.78, 5) is 16.5. The minimum absolute atomic E-state index is 0.0781. The molecule has 0 bridgehead atoms. The summed E-state index contributed by atoms with van der Waals surface area (Å²) in [5, 5.41) is 3.33. The lowest BCUT2D eigenvalue weighted by Gasteiger charge is -2.29. The lowest BCUT2D eigenvalue weighted by molar-refractivity contribution is -0.137. The Morgan fingerprint density at radius 2 is 1.89 bits per heavy atom. The van der Waals surface area contributed by atoms with Crippen molar-refractivity contribution >= 4 is 5.91 Å². The van der Waals surface area contributed by atoms with Gasteiger partial charge >= 0.3 is 0 Å². The molecule has 1 unspecified atom stereocenters. The van der Waals surface area contributed by atoms with Crippen molar-refractivity contribution in [3.63, 3.8) is 0 Å². The molecule has 1 N–H and O–H groups in total. The van der Waals surface area contributed by atoms with E-state index in [1.54, 1.807) is 0 Å². The molecule has 5 nitrogen and oxygen atoms in total. The molecule has 0 aliphatic carbocycles. The van der Waals surface area contributed by atoms with E-state index >= 15 is 0 Å². The van der Waals surface area contributed by atoms with Crippen LogP contribution >= 0.6 is 0 Å². The summed E-state index contributed by atoms with van der Waals surface area (Å²) < 4.78 is 5.26. The second kappa shape index (κ2) is 7.07. The van der Waals surface area contributed by atoms with Gasteiger partial charge in [0.05, 0.1) is 19.3 Å². The quantitative estimate of drug-likeness (QED) is 0.746. The van der Waals surface area contributed by atoms with Gasteiger partial charge in [0.2, 0.25) is 5.91 Å². The van der Waals surface area contributed by atoms with Crippen molar-refractivity contribution in [1.82, 2.24) is 15.1 Å². The van der Waals surface area contributed by atoms with Crippen molar-refractivity contribution < 1.29 is 9.53 Å². The molecule has 0 aromatic carbocycles. The average Bonchev–Trinajstić information content (AvgIpc) is 2.92. The van der Waals surface area contributed by atoms with Crippen LogP contribution in [0.5, 0.6) is 0 Å². The summed E-state index contributed by atoms with van der Waals surface area (Å²) >= 11 is 0. The second-order valence-corrected chi connectivity index (χ2v) is 5.16. The Morgan fingerprint density at radius 3 is 2.56 bits per heavy atom. The van der Waals surface area contributed by atoms with Crippen molar-refractivity contribution in [2.24, 2.45) is 0 Å². The van der Waals surface area contributed by atoms with E-state index in [4.69, 9.17) is 4.74 Å². The summed E-state index contributed by atoms with van der Waals surface area (Å²) in [5.74, 6) is 0.208. The number of carbonyl (C=O) groups is 1. The van der Waals surface area contributed by atoms with Gasteiger partial charge in [0.15, 0.2) is 0 Å². The van der Waals surface area contributed by atoms with E-state index in [2.05, 4.69) is 10.2 Å². The fourth-order valence-electron chi connectivity index (χ4n) is 2.59. The highest BCUT2D eigenvalue weighted by atomic mass is 16.5. The Balaban J connectivity index is 1.63. The van der Waals surface area contributed by atoms with Crippen LogP contribution in [0.4, 0.5) is 0 Å². The third-order valence-corrected chi connectivity index (χ3v) is 3.77. The summed E-state index contributed by atoms with van der Waals surface area (Å²) in [7, 11) is 0. The van der Waals surface area contributed by atoms with Crippen LogP contribution in [0.1, 0.15) is 19.8 Å². The first-order valence-electron chi connectivity index (χ1n) is 7.09. The fraction of sp³-hybridized carbons (Fsp3) is 0.923. The SMILES string of the molecule is CC(NCCN1CCCC1)C(=O)N1CCOCC1. The number of rotatable bonds is 5. The highest BCUT2D eigenvalue weighted by Crippen LogP contribution is 2.06. The lowest BCUT2D eigenvalue weighted by Crippen LogP contribution is -2.50. The van der Waals surface area contributed by atoms with Crippen molar-refractivity contribution in [2.45, 2.75) is 25.8 Å². The Morgan fingerprint density at radius 1 is 1.22 bits per heavy atom. The fourth-order valence-corrected chi connectivity index (χ4v) is 2.59. The number of hydrogen-bond donors (Lipinski definition) is 1. The Bertz CT molecular complexity index is 261. The standard InChI is InChI=1S/C13H25N3O2/c1-12(13(17)16-8-10-18-11-9-16)14-4-7-15-5-2-3-6-15/h12,14H,2-11H2,1H3. The van der Waals surface area contributed by atoms with Crippen LogP contribution in [0, 0.1) is 0 Å². The smallest absolute Gasteiger partial charge is 0.239 e. The molecule has 2 rings (SSSR count). The zero-order valence-corrected chi connectivity index (χ0v) is 11.4. The highest BCUT2D eigenvalue weighted by Gasteiger charge is 2.22. The van der Waals surface area contributed by atoms with Crippen LogP contribution in [-0.2, 0) is 9.53 Å². The maximum absolute atomic E-state index is 12.1. The molecule has 2 saturated heterocycles. The van der Waals surface area contributed by atoms with Gasteiger partial charge in [0, 0.05) is 26.2 Å². The van der Waals surface area contributed by atoms with E-state index in [0.29, 0.717) is 13.2 Å². The molecule has 0 radical (unpaired) electrons. The molecular weight excluding hydrogens is 230 g/mol. The molecule has 18 heavy (non-hydrogen) atoms. The van der Waals surface area contributed by atoms with Crippen LogP contribution in [0.2, 0.25) is 0 Å². The molecule has 0 saturated carbocycles. The minimum Gasteiger partial charge on any atom is -0.378 e. The number of morpholine rings is 1. The highest BCUT2D eigenvalue weighted by molar-refractivity contribution is 5.81. The van der Waals surface area contributed by atoms with Gasteiger partial charge in [-0.25, -0.2) is 0 Å². The lowest BCUT2D eigenvalue weighted by atomic mass is 10.2. The van der Waals surface area contributed by atoms with Crippen molar-refractivity contribution in [1.29, 1.82) is 0 Å². The van der Waals surface area contributed by atoms with E-state index in [0.717, 1.165) is 26.2 Å². The predicted molar refractivity (Wildman–Crippen MR) is 70.5 cm³/mol.